The van der Waals surface area contributed by atoms with Crippen LogP contribution in [0.15, 0.2) is 48.8 Å². The summed E-state index contributed by atoms with van der Waals surface area (Å²) in [5, 5.41) is 25.6. The number of hydrogen-bond donors (Lipinski definition) is 2. The highest BCUT2D eigenvalue weighted by Gasteiger charge is 2.20. The lowest BCUT2D eigenvalue weighted by molar-refractivity contribution is -0.384. The van der Waals surface area contributed by atoms with Crippen molar-refractivity contribution in [2.75, 3.05) is 33.6 Å². The number of hydrogen-bond acceptors (Lipinski definition) is 10. The molecule has 0 bridgehead atoms. The zero-order valence-corrected chi connectivity index (χ0v) is 20.1. The minimum atomic E-state index is -0.568. The molecule has 0 aliphatic carbocycles. The van der Waals surface area contributed by atoms with Gasteiger partial charge >= 0.3 is 11.4 Å². The van der Waals surface area contributed by atoms with E-state index in [1.807, 2.05) is 0 Å². The van der Waals surface area contributed by atoms with Gasteiger partial charge in [-0.2, -0.15) is 0 Å². The smallest absolute Gasteiger partial charge is 0.311 e. The summed E-state index contributed by atoms with van der Waals surface area (Å²) in [5.74, 6) is 1.03. The van der Waals surface area contributed by atoms with Crippen LogP contribution in [0.25, 0.3) is 21.8 Å². The lowest BCUT2D eigenvalue weighted by atomic mass is 10.1. The van der Waals surface area contributed by atoms with Crippen molar-refractivity contribution < 1.29 is 19.3 Å². The van der Waals surface area contributed by atoms with Crippen molar-refractivity contribution in [3.8, 4) is 11.5 Å². The first-order chi connectivity index (χ1) is 16.8. The summed E-state index contributed by atoms with van der Waals surface area (Å²) in [4.78, 5) is 28.6. The topological polar surface area (TPSA) is 169 Å². The van der Waals surface area contributed by atoms with E-state index in [9.17, 15) is 20.2 Å². The maximum atomic E-state index is 10.9. The van der Waals surface area contributed by atoms with Crippen LogP contribution in [-0.2, 0) is 0 Å². The number of benzene rings is 2. The number of anilines is 1. The second-order valence-corrected chi connectivity index (χ2v) is 6.83. The van der Waals surface area contributed by atoms with E-state index < -0.39 is 9.85 Å². The van der Waals surface area contributed by atoms with Crippen molar-refractivity contribution in [1.82, 2.24) is 9.97 Å². The Hall–Kier alpha value is -4.29. The monoisotopic (exact) mass is 502 g/mol. The van der Waals surface area contributed by atoms with E-state index in [-0.39, 0.29) is 16.4 Å². The van der Waals surface area contributed by atoms with Gasteiger partial charge in [-0.1, -0.05) is 23.7 Å². The van der Waals surface area contributed by atoms with Crippen molar-refractivity contribution in [1.29, 1.82) is 0 Å². The first-order valence-corrected chi connectivity index (χ1v) is 10.3. The second kappa shape index (κ2) is 12.3. The highest BCUT2D eigenvalue weighted by molar-refractivity contribution is 6.38. The van der Waals surface area contributed by atoms with Crippen LogP contribution in [0.5, 0.6) is 11.5 Å². The van der Waals surface area contributed by atoms with Gasteiger partial charge in [0.05, 0.1) is 45.9 Å². The van der Waals surface area contributed by atoms with Gasteiger partial charge in [0.25, 0.3) is 0 Å². The molecule has 0 unspecified atom stereocenters. The Kier molecular flexibility index (Phi) is 9.44. The molecule has 0 saturated carbocycles. The Balaban J connectivity index is 0.000000231. The molecule has 0 atom stereocenters. The molecule has 0 aliphatic heterocycles. The molecular weight excluding hydrogens is 480 g/mol. The third kappa shape index (κ3) is 5.62. The van der Waals surface area contributed by atoms with Crippen LogP contribution in [-0.4, -0.2) is 48.1 Å². The van der Waals surface area contributed by atoms with Gasteiger partial charge in [-0.3, -0.25) is 20.2 Å². The predicted molar refractivity (Wildman–Crippen MR) is 135 cm³/mol. The van der Waals surface area contributed by atoms with Crippen LogP contribution < -0.4 is 20.5 Å². The molecule has 35 heavy (non-hydrogen) atoms. The van der Waals surface area contributed by atoms with E-state index in [0.29, 0.717) is 39.0 Å². The minimum absolute atomic E-state index is 0.0486. The zero-order valence-electron chi connectivity index (χ0n) is 19.3. The number of ether oxygens (including phenoxy) is 2. The number of nitrogens with zero attached hydrogens (tertiary/aromatic N) is 4. The third-order valence-electron chi connectivity index (χ3n) is 4.69. The first kappa shape index (κ1) is 27.0. The molecule has 0 fully saturated rings. The molecule has 0 amide bonds. The Morgan fingerprint density at radius 1 is 0.857 bits per heavy atom. The highest BCUT2D eigenvalue weighted by atomic mass is 35.5. The predicted octanol–water partition coefficient (Wildman–Crippen LogP) is 4.57. The average Bonchev–Trinajstić information content (AvgIpc) is 2.88. The number of nitrogens with one attached hydrogen (secondary N) is 1. The standard InChI is InChI=1S/C11H11N3O3.C10H7ClN2O3.CH5N/c1-12-11-8(14(15)16)6-13-7-4-3-5-9(17-2)10(7)11;1-16-8-4-2-3-6-9(8)10(11)7(5-12-6)13(14)15;1-2/h3-6H,1-2H3,(H,12,13);2-5H,1H3;2H2,1H3. The summed E-state index contributed by atoms with van der Waals surface area (Å²) in [6.07, 6.45) is 2.39. The number of methoxy groups -OCH3 is 2. The number of pyridine rings is 2. The molecule has 0 aliphatic rings. The molecule has 4 aromatic rings. The number of halogens is 1. The quantitative estimate of drug-likeness (QED) is 0.291. The Labute approximate surface area is 204 Å². The lowest BCUT2D eigenvalue weighted by Crippen LogP contribution is -2.00. The van der Waals surface area contributed by atoms with Gasteiger partial charge in [0, 0.05) is 7.05 Å². The Morgan fingerprint density at radius 3 is 1.77 bits per heavy atom. The maximum Gasteiger partial charge on any atom is 0.311 e. The van der Waals surface area contributed by atoms with Crippen molar-refractivity contribution in [3.63, 3.8) is 0 Å². The number of rotatable bonds is 5. The van der Waals surface area contributed by atoms with Crippen LogP contribution >= 0.6 is 11.6 Å². The molecule has 0 spiro atoms. The highest BCUT2D eigenvalue weighted by Crippen LogP contribution is 2.37. The number of nitrogens with two attached hydrogens (primary N) is 1. The zero-order chi connectivity index (χ0) is 26.1. The van der Waals surface area contributed by atoms with Crippen molar-refractivity contribution in [3.05, 3.63) is 74.0 Å². The van der Waals surface area contributed by atoms with Crippen LogP contribution in [0.2, 0.25) is 5.02 Å². The molecule has 2 aromatic carbocycles. The summed E-state index contributed by atoms with van der Waals surface area (Å²) in [5.41, 5.74) is 5.84. The van der Waals surface area contributed by atoms with Gasteiger partial charge in [0.2, 0.25) is 0 Å². The van der Waals surface area contributed by atoms with Crippen LogP contribution in [0.3, 0.4) is 0 Å². The molecule has 2 heterocycles. The van der Waals surface area contributed by atoms with E-state index in [1.165, 1.54) is 27.5 Å². The van der Waals surface area contributed by atoms with Crippen LogP contribution in [0.1, 0.15) is 0 Å². The second-order valence-electron chi connectivity index (χ2n) is 6.45. The van der Waals surface area contributed by atoms with Gasteiger partial charge in [-0.05, 0) is 31.3 Å². The van der Waals surface area contributed by atoms with E-state index in [2.05, 4.69) is 21.0 Å². The Bertz CT molecular complexity index is 1370. The summed E-state index contributed by atoms with van der Waals surface area (Å²) < 4.78 is 10.3. The minimum Gasteiger partial charge on any atom is -0.496 e. The Morgan fingerprint density at radius 2 is 1.31 bits per heavy atom. The molecule has 12 nitrogen and oxygen atoms in total. The van der Waals surface area contributed by atoms with E-state index >= 15 is 0 Å². The lowest BCUT2D eigenvalue weighted by Gasteiger charge is -2.09. The molecule has 3 N–H and O–H groups in total. The number of aromatic nitrogens is 2. The van der Waals surface area contributed by atoms with E-state index in [0.717, 1.165) is 6.20 Å². The van der Waals surface area contributed by atoms with E-state index in [1.54, 1.807) is 43.4 Å². The fraction of sp³-hybridized carbons (Fsp3) is 0.182. The molecule has 0 radical (unpaired) electrons. The fourth-order valence-electron chi connectivity index (χ4n) is 3.22. The number of nitro groups is 2. The largest absolute Gasteiger partial charge is 0.496 e. The van der Waals surface area contributed by atoms with Gasteiger partial charge in [-0.25, -0.2) is 9.97 Å². The average molecular weight is 503 g/mol. The molecule has 0 saturated heterocycles. The molecule has 4 rings (SSSR count). The first-order valence-electron chi connectivity index (χ1n) is 9.95. The van der Waals surface area contributed by atoms with Gasteiger partial charge in [-0.15, -0.1) is 0 Å². The summed E-state index contributed by atoms with van der Waals surface area (Å²) in [6.45, 7) is 0. The van der Waals surface area contributed by atoms with Crippen molar-refractivity contribution in [2.24, 2.45) is 5.73 Å². The summed E-state index contributed by atoms with van der Waals surface area (Å²) in [6, 6.07) is 10.5. The van der Waals surface area contributed by atoms with Crippen LogP contribution in [0, 0.1) is 20.2 Å². The number of fused-ring (bicyclic) bond motifs is 2. The van der Waals surface area contributed by atoms with Gasteiger partial charge in [0.1, 0.15) is 34.6 Å². The fourth-order valence-corrected chi connectivity index (χ4v) is 3.53. The molecule has 2 aromatic heterocycles. The molecule has 184 valence electrons. The van der Waals surface area contributed by atoms with Crippen LogP contribution in [0.4, 0.5) is 17.1 Å². The van der Waals surface area contributed by atoms with Crippen molar-refractivity contribution in [2.45, 2.75) is 0 Å². The maximum absolute atomic E-state index is 10.9. The SMILES string of the molecule is CN.CNc1c([N+](=O)[O-])cnc2cccc(OC)c12.COc1cccc2ncc([N+](=O)[O-])c(Cl)c12. The van der Waals surface area contributed by atoms with Gasteiger partial charge in [0.15, 0.2) is 0 Å². The summed E-state index contributed by atoms with van der Waals surface area (Å²) >= 11 is 5.96. The molecular formula is C22H23ClN6O6. The third-order valence-corrected chi connectivity index (χ3v) is 5.08. The normalized spacial score (nSPS) is 9.89. The van der Waals surface area contributed by atoms with Crippen molar-refractivity contribution >= 4 is 50.5 Å². The van der Waals surface area contributed by atoms with E-state index in [4.69, 9.17) is 21.1 Å². The molecule has 13 heteroatoms. The van der Waals surface area contributed by atoms with Gasteiger partial charge < -0.3 is 20.5 Å². The summed E-state index contributed by atoms with van der Waals surface area (Å²) in [7, 11) is 6.13.